The van der Waals surface area contributed by atoms with Crippen molar-refractivity contribution in [1.82, 2.24) is 9.88 Å². The van der Waals surface area contributed by atoms with Gasteiger partial charge in [-0.15, -0.1) is 0 Å². The molecule has 1 aromatic heterocycles. The van der Waals surface area contributed by atoms with E-state index in [1.54, 1.807) is 0 Å². The van der Waals surface area contributed by atoms with Gasteiger partial charge in [0.15, 0.2) is 0 Å². The molecule has 2 heterocycles. The monoisotopic (exact) mass is 398 g/mol. The van der Waals surface area contributed by atoms with Crippen LogP contribution in [0.4, 0.5) is 0 Å². The number of ether oxygens (including phenoxy) is 2. The average molecular weight is 399 g/mol. The Morgan fingerprint density at radius 1 is 1.17 bits per heavy atom. The number of fused-ring (bicyclic) bond motifs is 1. The Bertz CT molecular complexity index is 911. The Balaban J connectivity index is 1.59. The molecule has 1 aliphatic carbocycles. The number of hydrogen-bond acceptors (Lipinski definition) is 4. The number of nitrogens with one attached hydrogen (secondary N) is 1. The smallest absolute Gasteiger partial charge is 0.253 e. The van der Waals surface area contributed by atoms with Crippen LogP contribution in [0.1, 0.15) is 43.2 Å². The highest BCUT2D eigenvalue weighted by Gasteiger charge is 2.29. The van der Waals surface area contributed by atoms with E-state index in [9.17, 15) is 9.59 Å². The number of carbonyl (C=O) groups excluding carboxylic acids is 1. The number of aromatic amines is 1. The molecule has 1 aliphatic heterocycles. The molecule has 6 nitrogen and oxygen atoms in total. The third-order valence-corrected chi connectivity index (χ3v) is 6.01. The lowest BCUT2D eigenvalue weighted by molar-refractivity contribution is -0.144. The number of pyridine rings is 1. The Labute approximate surface area is 171 Å². The second kappa shape index (κ2) is 9.09. The fraction of sp³-hybridized carbons (Fsp3) is 0.565. The van der Waals surface area contributed by atoms with Gasteiger partial charge in [-0.25, -0.2) is 0 Å². The zero-order valence-corrected chi connectivity index (χ0v) is 17.1. The van der Waals surface area contributed by atoms with Gasteiger partial charge in [-0.05, 0) is 43.4 Å². The van der Waals surface area contributed by atoms with Gasteiger partial charge in [-0.1, -0.05) is 30.9 Å². The molecule has 1 N–H and O–H groups in total. The molecule has 1 saturated carbocycles. The molecule has 6 heteroatoms. The fourth-order valence-corrected chi connectivity index (χ4v) is 4.42. The van der Waals surface area contributed by atoms with E-state index in [1.165, 1.54) is 6.42 Å². The van der Waals surface area contributed by atoms with Crippen LogP contribution in [0.5, 0.6) is 0 Å². The molecule has 2 aliphatic rings. The van der Waals surface area contributed by atoms with Crippen LogP contribution in [0.2, 0.25) is 0 Å². The van der Waals surface area contributed by atoms with Crippen LogP contribution in [-0.4, -0.2) is 48.3 Å². The maximum absolute atomic E-state index is 13.3. The molecule has 0 bridgehead atoms. The molecule has 0 unspecified atom stereocenters. The van der Waals surface area contributed by atoms with Crippen molar-refractivity contribution in [2.24, 2.45) is 5.92 Å². The summed E-state index contributed by atoms with van der Waals surface area (Å²) >= 11 is 0. The quantitative estimate of drug-likeness (QED) is 0.840. The summed E-state index contributed by atoms with van der Waals surface area (Å²) in [7, 11) is 0. The van der Waals surface area contributed by atoms with Crippen LogP contribution >= 0.6 is 0 Å². The fourth-order valence-electron chi connectivity index (χ4n) is 4.42. The van der Waals surface area contributed by atoms with Gasteiger partial charge < -0.3 is 19.4 Å². The van der Waals surface area contributed by atoms with Crippen LogP contribution in [0, 0.1) is 12.8 Å². The average Bonchev–Trinajstić information content (AvgIpc) is 2.75. The normalized spacial score (nSPS) is 20.7. The highest BCUT2D eigenvalue weighted by molar-refractivity contribution is 5.81. The lowest BCUT2D eigenvalue weighted by Crippen LogP contribution is -2.45. The third-order valence-electron chi connectivity index (χ3n) is 6.01. The predicted octanol–water partition coefficient (Wildman–Crippen LogP) is 3.16. The molecular formula is C23H30N2O4. The molecule has 2 aromatic rings. The first kappa shape index (κ1) is 20.1. The Hall–Kier alpha value is -2.18. The topological polar surface area (TPSA) is 71.6 Å². The van der Waals surface area contributed by atoms with Crippen molar-refractivity contribution in [3.05, 3.63) is 45.7 Å². The van der Waals surface area contributed by atoms with Gasteiger partial charge in [0.1, 0.15) is 0 Å². The second-order valence-electron chi connectivity index (χ2n) is 8.34. The van der Waals surface area contributed by atoms with Gasteiger partial charge in [0.25, 0.3) is 5.56 Å². The van der Waals surface area contributed by atoms with Crippen molar-refractivity contribution < 1.29 is 14.3 Å². The molecule has 29 heavy (non-hydrogen) atoms. The van der Waals surface area contributed by atoms with Crippen molar-refractivity contribution in [3.63, 3.8) is 0 Å². The largest absolute Gasteiger partial charge is 0.376 e. The van der Waals surface area contributed by atoms with Crippen molar-refractivity contribution in [1.29, 1.82) is 0 Å². The summed E-state index contributed by atoms with van der Waals surface area (Å²) in [6.45, 7) is 4.42. The predicted molar refractivity (Wildman–Crippen MR) is 112 cm³/mol. The number of nitrogens with zero attached hydrogens (tertiary/aromatic N) is 1. The Morgan fingerprint density at radius 3 is 2.76 bits per heavy atom. The van der Waals surface area contributed by atoms with E-state index in [0.29, 0.717) is 38.5 Å². The molecule has 4 rings (SSSR count). The number of amides is 1. The van der Waals surface area contributed by atoms with E-state index >= 15 is 0 Å². The molecule has 0 spiro atoms. The number of H-pyrrole nitrogens is 1. The van der Waals surface area contributed by atoms with Gasteiger partial charge in [-0.2, -0.15) is 0 Å². The maximum atomic E-state index is 13.3. The number of carbonyl (C=O) groups is 1. The van der Waals surface area contributed by atoms with E-state index in [0.717, 1.165) is 42.1 Å². The van der Waals surface area contributed by atoms with Gasteiger partial charge in [0.05, 0.1) is 32.5 Å². The number of hydrogen-bond donors (Lipinski definition) is 1. The number of aromatic nitrogens is 1. The third kappa shape index (κ3) is 4.87. The van der Waals surface area contributed by atoms with E-state index in [1.807, 2.05) is 30.0 Å². The van der Waals surface area contributed by atoms with E-state index < -0.39 is 0 Å². The first-order valence-corrected chi connectivity index (χ1v) is 10.7. The highest BCUT2D eigenvalue weighted by Crippen LogP contribution is 2.26. The van der Waals surface area contributed by atoms with Crippen LogP contribution in [0.15, 0.2) is 29.1 Å². The molecular weight excluding hydrogens is 368 g/mol. The SMILES string of the molecule is Cc1ccc2[nH]c(=O)c(CN(C[C@H]3COCCO3)C(=O)C3CCCCC3)cc2c1. The van der Waals surface area contributed by atoms with Crippen LogP contribution in [0.25, 0.3) is 10.9 Å². The maximum Gasteiger partial charge on any atom is 0.253 e. The molecule has 1 aromatic carbocycles. The summed E-state index contributed by atoms with van der Waals surface area (Å²) in [6.07, 6.45) is 5.13. The lowest BCUT2D eigenvalue weighted by Gasteiger charge is -2.33. The van der Waals surface area contributed by atoms with Gasteiger partial charge >= 0.3 is 0 Å². The van der Waals surface area contributed by atoms with Gasteiger partial charge in [0.2, 0.25) is 5.91 Å². The van der Waals surface area contributed by atoms with Gasteiger partial charge in [-0.3, -0.25) is 9.59 Å². The lowest BCUT2D eigenvalue weighted by atomic mass is 9.88. The zero-order chi connectivity index (χ0) is 20.2. The summed E-state index contributed by atoms with van der Waals surface area (Å²) in [5.41, 5.74) is 2.43. The molecule has 156 valence electrons. The van der Waals surface area contributed by atoms with Gasteiger partial charge in [0, 0.05) is 23.5 Å². The summed E-state index contributed by atoms with van der Waals surface area (Å²) in [4.78, 5) is 30.8. The minimum absolute atomic E-state index is 0.0510. The number of aryl methyl sites for hydroxylation is 1. The summed E-state index contributed by atoms with van der Waals surface area (Å²) < 4.78 is 11.3. The molecule has 2 fully saturated rings. The summed E-state index contributed by atoms with van der Waals surface area (Å²) in [6, 6.07) is 7.88. The van der Waals surface area contributed by atoms with E-state index in [-0.39, 0.29) is 23.5 Å². The molecule has 0 radical (unpaired) electrons. The molecule has 1 atom stereocenters. The minimum Gasteiger partial charge on any atom is -0.376 e. The second-order valence-corrected chi connectivity index (χ2v) is 8.34. The zero-order valence-electron chi connectivity index (χ0n) is 17.1. The standard InChI is InChI=1S/C23H30N2O4/c1-16-7-8-21-18(11-16)12-19(22(26)24-21)13-25(14-20-15-28-9-10-29-20)23(27)17-5-3-2-4-6-17/h7-8,11-12,17,20H,2-6,9-10,13-15H2,1H3,(H,24,26)/t20-/m0/s1. The first-order chi connectivity index (χ1) is 14.1. The molecule has 1 amide bonds. The van der Waals surface area contributed by atoms with Crippen LogP contribution in [0.3, 0.4) is 0 Å². The summed E-state index contributed by atoms with van der Waals surface area (Å²) in [5, 5.41) is 0.988. The Morgan fingerprint density at radius 2 is 2.00 bits per heavy atom. The van der Waals surface area contributed by atoms with Crippen molar-refractivity contribution in [3.8, 4) is 0 Å². The van der Waals surface area contributed by atoms with Crippen molar-refractivity contribution in [2.75, 3.05) is 26.4 Å². The van der Waals surface area contributed by atoms with Crippen LogP contribution in [-0.2, 0) is 20.8 Å². The van der Waals surface area contributed by atoms with E-state index in [4.69, 9.17) is 9.47 Å². The van der Waals surface area contributed by atoms with E-state index in [2.05, 4.69) is 11.1 Å². The van der Waals surface area contributed by atoms with Crippen LogP contribution < -0.4 is 5.56 Å². The van der Waals surface area contributed by atoms with Crippen molar-refractivity contribution >= 4 is 16.8 Å². The number of benzene rings is 1. The number of rotatable bonds is 5. The van der Waals surface area contributed by atoms with Crippen molar-refractivity contribution in [2.45, 2.75) is 51.7 Å². The Kier molecular flexibility index (Phi) is 6.31. The highest BCUT2D eigenvalue weighted by atomic mass is 16.6. The molecule has 1 saturated heterocycles. The minimum atomic E-state index is -0.141. The first-order valence-electron chi connectivity index (χ1n) is 10.7. The summed E-state index contributed by atoms with van der Waals surface area (Å²) in [5.74, 6) is 0.192.